The van der Waals surface area contributed by atoms with Crippen LogP contribution >= 0.6 is 0 Å². The molecule has 0 fully saturated rings. The van der Waals surface area contributed by atoms with E-state index in [1.165, 1.54) is 10.4 Å². The minimum Gasteiger partial charge on any atom is -0.264 e. The van der Waals surface area contributed by atoms with E-state index < -0.39 is 8.07 Å². The van der Waals surface area contributed by atoms with Crippen molar-refractivity contribution < 1.29 is 0 Å². The molecule has 7 heteroatoms. The first kappa shape index (κ1) is 22.6. The average molecular weight is 495 g/mol. The standard InChI is InChI=1S/C30H22N6Si/c1-3-11-25(12-4-1)37(26-13-5-2-6-14-26,27-19-33-21-35-29(27)23-9-7-15-31-17-23)28-20-34-22-36-30(28)24-10-8-16-32-18-24/h1-22H. The third-order valence-electron chi connectivity index (χ3n) is 6.52. The van der Waals surface area contributed by atoms with Gasteiger partial charge in [-0.3, -0.25) is 9.97 Å². The monoisotopic (exact) mass is 494 g/mol. The second kappa shape index (κ2) is 10.0. The number of hydrogen-bond acceptors (Lipinski definition) is 6. The Morgan fingerprint density at radius 3 is 1.30 bits per heavy atom. The molecule has 0 bridgehead atoms. The lowest BCUT2D eigenvalue weighted by Crippen LogP contribution is -2.75. The van der Waals surface area contributed by atoms with Gasteiger partial charge in [0.25, 0.3) is 0 Å². The van der Waals surface area contributed by atoms with Gasteiger partial charge in [-0.2, -0.15) is 0 Å². The summed E-state index contributed by atoms with van der Waals surface area (Å²) < 4.78 is 0. The zero-order chi connectivity index (χ0) is 24.9. The largest absolute Gasteiger partial charge is 0.264 e. The molecule has 0 saturated carbocycles. The Bertz CT molecular complexity index is 1490. The molecule has 6 rings (SSSR count). The lowest BCUT2D eigenvalue weighted by Gasteiger charge is -2.35. The zero-order valence-electron chi connectivity index (χ0n) is 19.9. The lowest BCUT2D eigenvalue weighted by atomic mass is 10.2. The molecule has 0 aliphatic carbocycles. The van der Waals surface area contributed by atoms with Gasteiger partial charge in [0, 0.05) is 48.3 Å². The molecular weight excluding hydrogens is 472 g/mol. The molecule has 0 aliphatic heterocycles. The molecule has 0 amide bonds. The maximum atomic E-state index is 4.82. The Balaban J connectivity index is 1.80. The Morgan fingerprint density at radius 1 is 0.432 bits per heavy atom. The van der Waals surface area contributed by atoms with Crippen molar-refractivity contribution in [1.29, 1.82) is 0 Å². The van der Waals surface area contributed by atoms with Gasteiger partial charge in [0.2, 0.25) is 0 Å². The molecule has 176 valence electrons. The van der Waals surface area contributed by atoms with Gasteiger partial charge >= 0.3 is 0 Å². The molecule has 4 aromatic heterocycles. The van der Waals surface area contributed by atoms with Crippen molar-refractivity contribution in [2.45, 2.75) is 0 Å². The summed E-state index contributed by atoms with van der Waals surface area (Å²) in [6.45, 7) is 0. The van der Waals surface area contributed by atoms with Crippen LogP contribution in [0, 0.1) is 0 Å². The number of rotatable bonds is 6. The molecule has 0 N–H and O–H groups in total. The predicted octanol–water partition coefficient (Wildman–Crippen LogP) is 2.77. The van der Waals surface area contributed by atoms with Gasteiger partial charge in [0.15, 0.2) is 8.07 Å². The fourth-order valence-electron chi connectivity index (χ4n) is 4.98. The van der Waals surface area contributed by atoms with E-state index in [-0.39, 0.29) is 0 Å². The van der Waals surface area contributed by atoms with Crippen molar-refractivity contribution in [1.82, 2.24) is 29.9 Å². The zero-order valence-corrected chi connectivity index (χ0v) is 20.9. The highest BCUT2D eigenvalue weighted by molar-refractivity contribution is 7.20. The number of hydrogen-bond donors (Lipinski definition) is 0. The van der Waals surface area contributed by atoms with Crippen molar-refractivity contribution >= 4 is 28.8 Å². The van der Waals surface area contributed by atoms with Crippen LogP contribution in [0.25, 0.3) is 22.5 Å². The average Bonchev–Trinajstić information content (AvgIpc) is 3.00. The van der Waals surface area contributed by atoms with Gasteiger partial charge in [0.05, 0.1) is 11.4 Å². The summed E-state index contributed by atoms with van der Waals surface area (Å²) in [4.78, 5) is 27.6. The third-order valence-corrected chi connectivity index (χ3v) is 11.3. The summed E-state index contributed by atoms with van der Waals surface area (Å²) in [5, 5.41) is 4.45. The Kier molecular flexibility index (Phi) is 6.10. The molecule has 0 unspecified atom stereocenters. The van der Waals surface area contributed by atoms with Crippen molar-refractivity contribution in [3.8, 4) is 22.5 Å². The summed E-state index contributed by atoms with van der Waals surface area (Å²) in [5.41, 5.74) is 3.57. The quantitative estimate of drug-likeness (QED) is 0.332. The highest BCUT2D eigenvalue weighted by Crippen LogP contribution is 2.21. The van der Waals surface area contributed by atoms with E-state index in [0.29, 0.717) is 0 Å². The van der Waals surface area contributed by atoms with E-state index >= 15 is 0 Å². The van der Waals surface area contributed by atoms with Crippen LogP contribution in [0.5, 0.6) is 0 Å². The molecule has 0 saturated heterocycles. The third kappa shape index (κ3) is 4.01. The van der Waals surface area contributed by atoms with Crippen molar-refractivity contribution in [2.75, 3.05) is 0 Å². The van der Waals surface area contributed by atoms with Gasteiger partial charge in [-0.1, -0.05) is 60.7 Å². The molecule has 6 nitrogen and oxygen atoms in total. The molecule has 0 radical (unpaired) electrons. The first-order valence-electron chi connectivity index (χ1n) is 11.9. The normalized spacial score (nSPS) is 11.2. The van der Waals surface area contributed by atoms with Gasteiger partial charge in [-0.05, 0) is 45.0 Å². The van der Waals surface area contributed by atoms with Crippen LogP contribution in [0.4, 0.5) is 0 Å². The molecule has 0 atom stereocenters. The first-order chi connectivity index (χ1) is 18.4. The second-order valence-electron chi connectivity index (χ2n) is 8.54. The second-order valence-corrected chi connectivity index (χ2v) is 12.3. The van der Waals surface area contributed by atoms with Gasteiger partial charge in [0.1, 0.15) is 12.7 Å². The van der Waals surface area contributed by atoms with Crippen molar-refractivity contribution in [3.63, 3.8) is 0 Å². The molecular formula is C30H22N6Si. The highest BCUT2D eigenvalue weighted by atomic mass is 28.3. The fourth-order valence-corrected chi connectivity index (χ4v) is 9.90. The Morgan fingerprint density at radius 2 is 0.892 bits per heavy atom. The molecule has 0 aliphatic rings. The maximum absolute atomic E-state index is 4.82. The van der Waals surface area contributed by atoms with Crippen LogP contribution in [0.15, 0.2) is 135 Å². The van der Waals surface area contributed by atoms with Crippen LogP contribution in [0.1, 0.15) is 0 Å². The summed E-state index contributed by atoms with van der Waals surface area (Å²) in [6, 6.07) is 29.1. The fraction of sp³-hybridized carbons (Fsp3) is 0. The topological polar surface area (TPSA) is 77.3 Å². The molecule has 6 aromatic rings. The van der Waals surface area contributed by atoms with Gasteiger partial charge < -0.3 is 0 Å². The molecule has 4 heterocycles. The number of nitrogens with zero attached hydrogens (tertiary/aromatic N) is 6. The van der Waals surface area contributed by atoms with E-state index in [1.54, 1.807) is 25.0 Å². The maximum Gasteiger partial charge on any atom is 0.188 e. The summed E-state index contributed by atoms with van der Waals surface area (Å²) in [6.07, 6.45) is 14.4. The van der Waals surface area contributed by atoms with Crippen LogP contribution < -0.4 is 20.7 Å². The predicted molar refractivity (Wildman–Crippen MR) is 148 cm³/mol. The van der Waals surface area contributed by atoms with E-state index in [2.05, 4.69) is 68.5 Å². The molecule has 2 aromatic carbocycles. The SMILES string of the molecule is c1ccc([Si](c2ccccc2)(c2cncnc2-c2cccnc2)c2cncnc2-c2cccnc2)cc1. The van der Waals surface area contributed by atoms with Crippen molar-refractivity contribution in [2.24, 2.45) is 0 Å². The van der Waals surface area contributed by atoms with Crippen LogP contribution in [0.3, 0.4) is 0 Å². The Hall–Kier alpha value is -4.88. The molecule has 0 spiro atoms. The summed E-state index contributed by atoms with van der Waals surface area (Å²) in [5.74, 6) is 0. The number of benzene rings is 2. The summed E-state index contributed by atoms with van der Waals surface area (Å²) >= 11 is 0. The minimum atomic E-state index is -3.06. The van der Waals surface area contributed by atoms with Gasteiger partial charge in [-0.25, -0.2) is 19.9 Å². The van der Waals surface area contributed by atoms with E-state index in [0.717, 1.165) is 32.9 Å². The van der Waals surface area contributed by atoms with Gasteiger partial charge in [-0.15, -0.1) is 0 Å². The number of pyridine rings is 2. The Labute approximate surface area is 215 Å². The van der Waals surface area contributed by atoms with E-state index in [9.17, 15) is 0 Å². The van der Waals surface area contributed by atoms with Crippen LogP contribution in [-0.4, -0.2) is 38.0 Å². The molecule has 37 heavy (non-hydrogen) atoms. The van der Waals surface area contributed by atoms with Crippen LogP contribution in [-0.2, 0) is 0 Å². The smallest absolute Gasteiger partial charge is 0.188 e. The van der Waals surface area contributed by atoms with E-state index in [1.807, 2.05) is 61.2 Å². The first-order valence-corrected chi connectivity index (χ1v) is 13.9. The minimum absolute atomic E-state index is 0.850. The highest BCUT2D eigenvalue weighted by Gasteiger charge is 2.46. The van der Waals surface area contributed by atoms with Crippen LogP contribution in [0.2, 0.25) is 0 Å². The number of aromatic nitrogens is 6. The lowest BCUT2D eigenvalue weighted by molar-refractivity contribution is 1.17. The van der Waals surface area contributed by atoms with E-state index in [4.69, 9.17) is 9.97 Å². The summed E-state index contributed by atoms with van der Waals surface area (Å²) in [7, 11) is -3.06. The van der Waals surface area contributed by atoms with Crippen molar-refractivity contribution in [3.05, 3.63) is 135 Å².